The van der Waals surface area contributed by atoms with E-state index in [1.807, 2.05) is 0 Å². The molecular weight excluding hydrogens is 140 g/mol. The summed E-state index contributed by atoms with van der Waals surface area (Å²) in [6.45, 7) is 8.66. The van der Waals surface area contributed by atoms with Crippen LogP contribution in [0.25, 0.3) is 0 Å². The Hall–Kier alpha value is -0.920. The van der Waals surface area contributed by atoms with Gasteiger partial charge in [0.2, 0.25) is 0 Å². The molecule has 0 unspecified atom stereocenters. The normalized spacial score (nSPS) is 9.82. The summed E-state index contributed by atoms with van der Waals surface area (Å²) in [5.41, 5.74) is 0.457. The largest absolute Gasteiger partial charge is 0.299 e. The predicted molar refractivity (Wildman–Crippen MR) is 44.3 cm³/mol. The van der Waals surface area contributed by atoms with Gasteiger partial charge in [-0.25, -0.2) is 0 Å². The second kappa shape index (κ2) is 4.06. The van der Waals surface area contributed by atoms with E-state index in [4.69, 9.17) is 0 Å². The van der Waals surface area contributed by atoms with Gasteiger partial charge in [0.15, 0.2) is 5.78 Å². The van der Waals surface area contributed by atoms with E-state index in [-0.39, 0.29) is 23.9 Å². The van der Waals surface area contributed by atoms with E-state index in [2.05, 4.69) is 6.58 Å². The van der Waals surface area contributed by atoms with Gasteiger partial charge in [0, 0.05) is 5.92 Å². The van der Waals surface area contributed by atoms with Crippen LogP contribution in [-0.2, 0) is 9.59 Å². The van der Waals surface area contributed by atoms with Gasteiger partial charge in [0.05, 0.1) is 6.42 Å². The zero-order valence-corrected chi connectivity index (χ0v) is 7.31. The fourth-order valence-corrected chi connectivity index (χ4v) is 0.513. The maximum atomic E-state index is 11.0. The molecule has 0 rings (SSSR count). The average molecular weight is 154 g/mol. The number of ketones is 2. The van der Waals surface area contributed by atoms with Crippen LogP contribution in [0.2, 0.25) is 0 Å². The van der Waals surface area contributed by atoms with Crippen LogP contribution < -0.4 is 0 Å². The molecule has 0 saturated heterocycles. The highest BCUT2D eigenvalue weighted by Crippen LogP contribution is 2.02. The molecule has 0 aliphatic heterocycles. The quantitative estimate of drug-likeness (QED) is 0.456. The molecule has 62 valence electrons. The van der Waals surface area contributed by atoms with Crippen LogP contribution in [0.4, 0.5) is 0 Å². The van der Waals surface area contributed by atoms with Gasteiger partial charge in [0.25, 0.3) is 0 Å². The average Bonchev–Trinajstić information content (AvgIpc) is 1.87. The minimum absolute atomic E-state index is 0.00694. The lowest BCUT2D eigenvalue weighted by Crippen LogP contribution is -2.13. The SMILES string of the molecule is C=C(C)C(=O)CC(=O)C(C)C. The first-order chi connectivity index (χ1) is 4.95. The van der Waals surface area contributed by atoms with Gasteiger partial charge < -0.3 is 0 Å². The zero-order valence-electron chi connectivity index (χ0n) is 7.31. The van der Waals surface area contributed by atoms with Crippen molar-refractivity contribution in [3.05, 3.63) is 12.2 Å². The van der Waals surface area contributed by atoms with Gasteiger partial charge in [-0.05, 0) is 12.5 Å². The molecule has 0 aromatic carbocycles. The lowest BCUT2D eigenvalue weighted by molar-refractivity contribution is -0.127. The summed E-state index contributed by atoms with van der Waals surface area (Å²) in [7, 11) is 0. The molecule has 0 bridgehead atoms. The molecule has 0 saturated carbocycles. The van der Waals surface area contributed by atoms with E-state index in [9.17, 15) is 9.59 Å². The molecule has 0 heterocycles. The first kappa shape index (κ1) is 10.1. The monoisotopic (exact) mass is 154 g/mol. The molecule has 0 amide bonds. The fraction of sp³-hybridized carbons (Fsp3) is 0.556. The third kappa shape index (κ3) is 3.71. The number of carbonyl (C=O) groups is 2. The van der Waals surface area contributed by atoms with Gasteiger partial charge in [0.1, 0.15) is 5.78 Å². The molecular formula is C9H14O2. The summed E-state index contributed by atoms with van der Waals surface area (Å²) in [4.78, 5) is 21.9. The summed E-state index contributed by atoms with van der Waals surface area (Å²) in [6, 6.07) is 0. The Morgan fingerprint density at radius 3 is 2.09 bits per heavy atom. The third-order valence-electron chi connectivity index (χ3n) is 1.45. The second-order valence-corrected chi connectivity index (χ2v) is 3.00. The molecule has 2 heteroatoms. The maximum absolute atomic E-state index is 11.0. The topological polar surface area (TPSA) is 34.1 Å². The van der Waals surface area contributed by atoms with E-state index in [0.29, 0.717) is 5.57 Å². The van der Waals surface area contributed by atoms with Crippen molar-refractivity contribution >= 4 is 11.6 Å². The van der Waals surface area contributed by atoms with Gasteiger partial charge in [-0.3, -0.25) is 9.59 Å². The first-order valence-corrected chi connectivity index (χ1v) is 3.66. The molecule has 0 aromatic heterocycles. The number of rotatable bonds is 4. The van der Waals surface area contributed by atoms with Crippen molar-refractivity contribution in [2.45, 2.75) is 27.2 Å². The Balaban J connectivity index is 3.96. The van der Waals surface area contributed by atoms with Crippen molar-refractivity contribution in [3.63, 3.8) is 0 Å². The van der Waals surface area contributed by atoms with Crippen molar-refractivity contribution in [2.24, 2.45) is 5.92 Å². The van der Waals surface area contributed by atoms with Crippen LogP contribution in [0, 0.1) is 5.92 Å². The minimum Gasteiger partial charge on any atom is -0.299 e. The summed E-state index contributed by atoms with van der Waals surface area (Å²) < 4.78 is 0. The molecule has 0 aliphatic rings. The Labute approximate surface area is 67.3 Å². The summed E-state index contributed by atoms with van der Waals surface area (Å²) >= 11 is 0. The van der Waals surface area contributed by atoms with Gasteiger partial charge in [-0.15, -0.1) is 0 Å². The highest BCUT2D eigenvalue weighted by atomic mass is 16.1. The standard InChI is InChI=1S/C9H14O2/c1-6(2)8(10)5-9(11)7(3)4/h7H,1,5H2,2-4H3. The number of hydrogen-bond acceptors (Lipinski definition) is 2. The van der Waals surface area contributed by atoms with Crippen molar-refractivity contribution in [1.82, 2.24) is 0 Å². The summed E-state index contributed by atoms with van der Waals surface area (Å²) in [5, 5.41) is 0. The predicted octanol–water partition coefficient (Wildman–Crippen LogP) is 1.75. The highest BCUT2D eigenvalue weighted by molar-refractivity contribution is 6.07. The number of carbonyl (C=O) groups excluding carboxylic acids is 2. The zero-order chi connectivity index (χ0) is 9.02. The molecule has 0 aromatic rings. The van der Waals surface area contributed by atoms with Crippen LogP contribution in [0.3, 0.4) is 0 Å². The Bertz CT molecular complexity index is 190. The molecule has 0 aliphatic carbocycles. The van der Waals surface area contributed by atoms with Crippen molar-refractivity contribution in [3.8, 4) is 0 Å². The number of hydrogen-bond donors (Lipinski definition) is 0. The highest BCUT2D eigenvalue weighted by Gasteiger charge is 2.12. The molecule has 11 heavy (non-hydrogen) atoms. The number of allylic oxidation sites excluding steroid dienone is 1. The van der Waals surface area contributed by atoms with Crippen molar-refractivity contribution in [2.75, 3.05) is 0 Å². The molecule has 0 spiro atoms. The maximum Gasteiger partial charge on any atom is 0.165 e. The van der Waals surface area contributed by atoms with E-state index in [1.165, 1.54) is 0 Å². The van der Waals surface area contributed by atoms with Crippen molar-refractivity contribution in [1.29, 1.82) is 0 Å². The number of Topliss-reactive ketones (excluding diaryl/α,β-unsaturated/α-hetero) is 2. The van der Waals surface area contributed by atoms with Gasteiger partial charge in [-0.1, -0.05) is 20.4 Å². The van der Waals surface area contributed by atoms with Crippen LogP contribution in [0.15, 0.2) is 12.2 Å². The third-order valence-corrected chi connectivity index (χ3v) is 1.45. The molecule has 0 fully saturated rings. The lowest BCUT2D eigenvalue weighted by Gasteiger charge is -2.01. The fourth-order valence-electron chi connectivity index (χ4n) is 0.513. The van der Waals surface area contributed by atoms with Crippen LogP contribution in [-0.4, -0.2) is 11.6 Å². The van der Waals surface area contributed by atoms with Crippen LogP contribution in [0.5, 0.6) is 0 Å². The van der Waals surface area contributed by atoms with Gasteiger partial charge >= 0.3 is 0 Å². The molecule has 0 atom stereocenters. The van der Waals surface area contributed by atoms with Crippen LogP contribution in [0.1, 0.15) is 27.2 Å². The van der Waals surface area contributed by atoms with Gasteiger partial charge in [-0.2, -0.15) is 0 Å². The van der Waals surface area contributed by atoms with E-state index < -0.39 is 0 Å². The smallest absolute Gasteiger partial charge is 0.165 e. The summed E-state index contributed by atoms with van der Waals surface area (Å²) in [6.07, 6.45) is 0.00694. The molecule has 2 nitrogen and oxygen atoms in total. The second-order valence-electron chi connectivity index (χ2n) is 3.00. The minimum atomic E-state index is -0.149. The Morgan fingerprint density at radius 2 is 1.82 bits per heavy atom. The Morgan fingerprint density at radius 1 is 1.36 bits per heavy atom. The lowest BCUT2D eigenvalue weighted by atomic mass is 10.0. The Kier molecular flexibility index (Phi) is 3.72. The van der Waals surface area contributed by atoms with Crippen molar-refractivity contribution < 1.29 is 9.59 Å². The van der Waals surface area contributed by atoms with Crippen LogP contribution >= 0.6 is 0 Å². The first-order valence-electron chi connectivity index (χ1n) is 3.66. The molecule has 0 N–H and O–H groups in total. The summed E-state index contributed by atoms with van der Waals surface area (Å²) in [5.74, 6) is -0.222. The van der Waals surface area contributed by atoms with E-state index in [0.717, 1.165) is 0 Å². The molecule has 0 radical (unpaired) electrons. The van der Waals surface area contributed by atoms with E-state index >= 15 is 0 Å². The van der Waals surface area contributed by atoms with E-state index in [1.54, 1.807) is 20.8 Å².